The predicted octanol–water partition coefficient (Wildman–Crippen LogP) is 6.95. The van der Waals surface area contributed by atoms with Crippen molar-refractivity contribution in [3.8, 4) is 17.2 Å². The standard InChI is InChI=1S/C25H19ClINO4S2/c1-30-20-10-6-5-9-19(20)28-24(29)22(34-25(28)33)13-15-11-18(27)23(21(12-15)31-2)32-14-16-7-3-4-8-17(16)26/h3-13H,14H2,1-2H3. The van der Waals surface area contributed by atoms with Gasteiger partial charge in [-0.1, -0.05) is 65.9 Å². The maximum absolute atomic E-state index is 13.2. The lowest BCUT2D eigenvalue weighted by Gasteiger charge is -2.17. The van der Waals surface area contributed by atoms with Crippen LogP contribution in [0.5, 0.6) is 17.2 Å². The zero-order chi connectivity index (χ0) is 24.2. The number of para-hydroxylation sites is 2. The van der Waals surface area contributed by atoms with E-state index in [0.717, 1.165) is 14.7 Å². The number of carbonyl (C=O) groups excluding carboxylic acids is 1. The summed E-state index contributed by atoms with van der Waals surface area (Å²) in [6, 6.07) is 18.6. The number of hydrogen-bond acceptors (Lipinski definition) is 6. The first kappa shape index (κ1) is 24.8. The van der Waals surface area contributed by atoms with E-state index in [1.54, 1.807) is 26.4 Å². The third-order valence-corrected chi connectivity index (χ3v) is 7.47. The van der Waals surface area contributed by atoms with E-state index >= 15 is 0 Å². The number of anilines is 1. The average Bonchev–Trinajstić information content (AvgIpc) is 3.11. The Bertz CT molecular complexity index is 1300. The van der Waals surface area contributed by atoms with Crippen molar-refractivity contribution in [2.45, 2.75) is 6.61 Å². The number of thioether (sulfide) groups is 1. The maximum Gasteiger partial charge on any atom is 0.270 e. The Morgan fingerprint density at radius 1 is 1.06 bits per heavy atom. The SMILES string of the molecule is COc1ccccc1N1C(=O)C(=Cc2cc(I)c(OCc3ccccc3Cl)c(OC)c2)SC1=S. The topological polar surface area (TPSA) is 48.0 Å². The smallest absolute Gasteiger partial charge is 0.270 e. The van der Waals surface area contributed by atoms with Crippen molar-refractivity contribution in [2.75, 3.05) is 19.1 Å². The van der Waals surface area contributed by atoms with Crippen LogP contribution >= 0.6 is 58.2 Å². The Morgan fingerprint density at radius 3 is 2.50 bits per heavy atom. The highest BCUT2D eigenvalue weighted by Crippen LogP contribution is 2.41. The summed E-state index contributed by atoms with van der Waals surface area (Å²) in [5, 5.41) is 0.644. The summed E-state index contributed by atoms with van der Waals surface area (Å²) in [4.78, 5) is 15.2. The summed E-state index contributed by atoms with van der Waals surface area (Å²) in [6.07, 6.45) is 1.80. The van der Waals surface area contributed by atoms with Crippen molar-refractivity contribution in [1.82, 2.24) is 0 Å². The normalized spacial score (nSPS) is 14.6. The van der Waals surface area contributed by atoms with Crippen LogP contribution in [0.2, 0.25) is 5.02 Å². The van der Waals surface area contributed by atoms with Gasteiger partial charge in [0, 0.05) is 10.6 Å². The lowest BCUT2D eigenvalue weighted by Crippen LogP contribution is -2.27. The Balaban J connectivity index is 1.60. The highest BCUT2D eigenvalue weighted by molar-refractivity contribution is 14.1. The molecule has 5 nitrogen and oxygen atoms in total. The fourth-order valence-electron chi connectivity index (χ4n) is 3.37. The Kier molecular flexibility index (Phi) is 8.02. The van der Waals surface area contributed by atoms with Gasteiger partial charge in [-0.2, -0.15) is 0 Å². The molecule has 0 saturated carbocycles. The number of amides is 1. The van der Waals surface area contributed by atoms with E-state index in [0.29, 0.717) is 43.8 Å². The molecule has 0 N–H and O–H groups in total. The van der Waals surface area contributed by atoms with Crippen LogP contribution in [0, 0.1) is 3.57 Å². The molecular formula is C25H19ClINO4S2. The molecule has 174 valence electrons. The number of thiocarbonyl (C=S) groups is 1. The van der Waals surface area contributed by atoms with E-state index in [2.05, 4.69) is 22.6 Å². The molecule has 0 aliphatic carbocycles. The van der Waals surface area contributed by atoms with Gasteiger partial charge in [0.05, 0.1) is 28.4 Å². The minimum absolute atomic E-state index is 0.201. The maximum atomic E-state index is 13.2. The summed E-state index contributed by atoms with van der Waals surface area (Å²) in [5.74, 6) is 1.55. The van der Waals surface area contributed by atoms with Crippen molar-refractivity contribution in [2.24, 2.45) is 0 Å². The number of hydrogen-bond donors (Lipinski definition) is 0. The molecule has 1 aliphatic heterocycles. The van der Waals surface area contributed by atoms with Crippen LogP contribution < -0.4 is 19.1 Å². The van der Waals surface area contributed by atoms with Crippen LogP contribution in [0.3, 0.4) is 0 Å². The van der Waals surface area contributed by atoms with Crippen molar-refractivity contribution in [1.29, 1.82) is 0 Å². The predicted molar refractivity (Wildman–Crippen MR) is 150 cm³/mol. The van der Waals surface area contributed by atoms with Gasteiger partial charge < -0.3 is 14.2 Å². The minimum Gasteiger partial charge on any atom is -0.495 e. The molecule has 0 aromatic heterocycles. The fourth-order valence-corrected chi connectivity index (χ4v) is 5.63. The van der Waals surface area contributed by atoms with Gasteiger partial charge in [-0.05, 0) is 64.6 Å². The quantitative estimate of drug-likeness (QED) is 0.161. The van der Waals surface area contributed by atoms with Crippen molar-refractivity contribution >= 4 is 80.2 Å². The van der Waals surface area contributed by atoms with Crippen molar-refractivity contribution in [3.63, 3.8) is 0 Å². The molecule has 3 aromatic rings. The second-order valence-corrected chi connectivity index (χ2v) is 10.3. The molecule has 1 saturated heterocycles. The highest BCUT2D eigenvalue weighted by atomic mass is 127. The second kappa shape index (κ2) is 11.0. The summed E-state index contributed by atoms with van der Waals surface area (Å²) in [6.45, 7) is 0.308. The molecule has 1 aliphatic rings. The largest absolute Gasteiger partial charge is 0.495 e. The first-order valence-electron chi connectivity index (χ1n) is 10.1. The molecule has 0 unspecified atom stereocenters. The van der Waals surface area contributed by atoms with E-state index in [1.807, 2.05) is 54.6 Å². The van der Waals surface area contributed by atoms with Crippen LogP contribution in [-0.4, -0.2) is 24.4 Å². The van der Waals surface area contributed by atoms with Crippen LogP contribution in [0.15, 0.2) is 65.6 Å². The molecule has 34 heavy (non-hydrogen) atoms. The third-order valence-electron chi connectivity index (χ3n) is 5.00. The van der Waals surface area contributed by atoms with E-state index in [1.165, 1.54) is 16.7 Å². The molecule has 9 heteroatoms. The molecule has 1 amide bonds. The van der Waals surface area contributed by atoms with Crippen LogP contribution in [0.1, 0.15) is 11.1 Å². The zero-order valence-corrected chi connectivity index (χ0v) is 22.8. The fraction of sp³-hybridized carbons (Fsp3) is 0.120. The number of carbonyl (C=O) groups is 1. The van der Waals surface area contributed by atoms with Gasteiger partial charge in [0.25, 0.3) is 5.91 Å². The molecule has 0 radical (unpaired) electrons. The summed E-state index contributed by atoms with van der Waals surface area (Å²) < 4.78 is 18.3. The van der Waals surface area contributed by atoms with Crippen molar-refractivity contribution < 1.29 is 19.0 Å². The summed E-state index contributed by atoms with van der Waals surface area (Å²) >= 11 is 15.2. The number of benzene rings is 3. The molecule has 4 rings (SSSR count). The second-order valence-electron chi connectivity index (χ2n) is 7.10. The molecule has 3 aromatic carbocycles. The molecule has 1 heterocycles. The van der Waals surface area contributed by atoms with Gasteiger partial charge in [0.1, 0.15) is 12.4 Å². The number of rotatable bonds is 7. The van der Waals surface area contributed by atoms with Gasteiger partial charge >= 0.3 is 0 Å². The van der Waals surface area contributed by atoms with Gasteiger partial charge in [0.15, 0.2) is 15.8 Å². The van der Waals surface area contributed by atoms with E-state index < -0.39 is 0 Å². The molecular weight excluding hydrogens is 605 g/mol. The number of ether oxygens (including phenoxy) is 3. The lowest BCUT2D eigenvalue weighted by atomic mass is 10.1. The first-order chi connectivity index (χ1) is 16.4. The van der Waals surface area contributed by atoms with E-state index in [-0.39, 0.29) is 5.91 Å². The summed E-state index contributed by atoms with van der Waals surface area (Å²) in [7, 11) is 3.15. The molecule has 0 bridgehead atoms. The van der Waals surface area contributed by atoms with Crippen LogP contribution in [0.25, 0.3) is 6.08 Å². The minimum atomic E-state index is -0.201. The van der Waals surface area contributed by atoms with Crippen LogP contribution in [0.4, 0.5) is 5.69 Å². The Morgan fingerprint density at radius 2 is 1.76 bits per heavy atom. The first-order valence-corrected chi connectivity index (χ1v) is 12.8. The summed E-state index contributed by atoms with van der Waals surface area (Å²) in [5.41, 5.74) is 2.30. The van der Waals surface area contributed by atoms with Gasteiger partial charge in [-0.25, -0.2) is 0 Å². The van der Waals surface area contributed by atoms with Gasteiger partial charge in [-0.15, -0.1) is 0 Å². The van der Waals surface area contributed by atoms with Crippen LogP contribution in [-0.2, 0) is 11.4 Å². The number of methoxy groups -OCH3 is 2. The number of nitrogens with zero attached hydrogens (tertiary/aromatic N) is 1. The van der Waals surface area contributed by atoms with E-state index in [4.69, 9.17) is 38.0 Å². The molecule has 1 fully saturated rings. The van der Waals surface area contributed by atoms with Gasteiger partial charge in [-0.3, -0.25) is 9.69 Å². The molecule has 0 spiro atoms. The van der Waals surface area contributed by atoms with Gasteiger partial charge in [0.2, 0.25) is 0 Å². The number of halogens is 2. The monoisotopic (exact) mass is 623 g/mol. The highest BCUT2D eigenvalue weighted by Gasteiger charge is 2.35. The van der Waals surface area contributed by atoms with E-state index in [9.17, 15) is 4.79 Å². The molecule has 0 atom stereocenters. The lowest BCUT2D eigenvalue weighted by molar-refractivity contribution is -0.113. The average molecular weight is 624 g/mol. The van der Waals surface area contributed by atoms with Crippen molar-refractivity contribution in [3.05, 3.63) is 85.3 Å². The Labute approximate surface area is 226 Å². The Hall–Kier alpha value is -2.27. The third kappa shape index (κ3) is 5.19. The zero-order valence-electron chi connectivity index (χ0n) is 18.2.